The molecule has 3 heterocycles. The fraction of sp³-hybridized carbons (Fsp3) is 0.600. The number of hydrogen-bond donors (Lipinski definition) is 0. The van der Waals surface area contributed by atoms with Crippen LogP contribution in [0.3, 0.4) is 0 Å². The fourth-order valence-corrected chi connectivity index (χ4v) is 3.11. The molecular formula is C15H22N6O2. The molecule has 8 nitrogen and oxygen atoms in total. The molecule has 0 atom stereocenters. The molecule has 1 saturated heterocycles. The summed E-state index contributed by atoms with van der Waals surface area (Å²) in [7, 11) is 1.89. The fourth-order valence-electron chi connectivity index (χ4n) is 3.11. The first-order valence-electron chi connectivity index (χ1n) is 7.86. The number of hydrogen-bond acceptors (Lipinski definition) is 4. The van der Waals surface area contributed by atoms with Crippen molar-refractivity contribution in [3.05, 3.63) is 11.9 Å². The number of fused-ring (bicyclic) bond motifs is 1. The van der Waals surface area contributed by atoms with Crippen LogP contribution in [0.2, 0.25) is 0 Å². The van der Waals surface area contributed by atoms with Crippen molar-refractivity contribution in [2.75, 3.05) is 26.2 Å². The summed E-state index contributed by atoms with van der Waals surface area (Å²) >= 11 is 0. The van der Waals surface area contributed by atoms with Gasteiger partial charge in [0, 0.05) is 46.6 Å². The quantitative estimate of drug-likeness (QED) is 0.808. The molecule has 0 N–H and O–H groups in total. The number of piperazine rings is 1. The average molecular weight is 318 g/mol. The summed E-state index contributed by atoms with van der Waals surface area (Å²) in [5.41, 5.74) is 2.88. The van der Waals surface area contributed by atoms with Gasteiger partial charge in [-0.1, -0.05) is 0 Å². The molecule has 0 unspecified atom stereocenters. The maximum absolute atomic E-state index is 12.4. The maximum atomic E-state index is 12.4. The van der Waals surface area contributed by atoms with Crippen LogP contribution in [0, 0.1) is 6.92 Å². The van der Waals surface area contributed by atoms with E-state index >= 15 is 0 Å². The summed E-state index contributed by atoms with van der Waals surface area (Å²) in [5, 5.41) is 8.74. The highest BCUT2D eigenvalue weighted by Crippen LogP contribution is 2.17. The third kappa shape index (κ3) is 2.93. The minimum absolute atomic E-state index is 0.0723. The molecule has 2 aromatic rings. The predicted molar refractivity (Wildman–Crippen MR) is 84.7 cm³/mol. The van der Waals surface area contributed by atoms with Crippen LogP contribution in [0.15, 0.2) is 6.20 Å². The van der Waals surface area contributed by atoms with Crippen LogP contribution >= 0.6 is 0 Å². The zero-order valence-corrected chi connectivity index (χ0v) is 13.8. The van der Waals surface area contributed by atoms with E-state index in [0.29, 0.717) is 39.1 Å². The maximum Gasteiger partial charge on any atom is 0.224 e. The van der Waals surface area contributed by atoms with Gasteiger partial charge in [0.25, 0.3) is 0 Å². The van der Waals surface area contributed by atoms with E-state index in [4.69, 9.17) is 0 Å². The van der Waals surface area contributed by atoms with Crippen molar-refractivity contribution in [1.82, 2.24) is 29.4 Å². The van der Waals surface area contributed by atoms with Crippen LogP contribution in [0.4, 0.5) is 0 Å². The number of amides is 2. The van der Waals surface area contributed by atoms with Crippen molar-refractivity contribution in [3.63, 3.8) is 0 Å². The Morgan fingerprint density at radius 3 is 2.48 bits per heavy atom. The second kappa shape index (κ2) is 6.02. The molecular weight excluding hydrogens is 296 g/mol. The number of aryl methyl sites for hydroxylation is 3. The minimum Gasteiger partial charge on any atom is -0.339 e. The standard InChI is InChI=1S/C15H22N6O2/c1-11-15-13(18(3)17-11)10-16-21(15)5-4-14(23)20-8-6-19(7-9-20)12(2)22/h10H,4-9H2,1-3H3. The van der Waals surface area contributed by atoms with E-state index in [9.17, 15) is 9.59 Å². The number of carbonyl (C=O) groups excluding carboxylic acids is 2. The Morgan fingerprint density at radius 1 is 1.17 bits per heavy atom. The number of nitrogens with zero attached hydrogens (tertiary/aromatic N) is 6. The van der Waals surface area contributed by atoms with Gasteiger partial charge in [-0.3, -0.25) is 19.0 Å². The van der Waals surface area contributed by atoms with E-state index in [0.717, 1.165) is 16.7 Å². The zero-order chi connectivity index (χ0) is 16.6. The van der Waals surface area contributed by atoms with Gasteiger partial charge >= 0.3 is 0 Å². The van der Waals surface area contributed by atoms with Crippen molar-refractivity contribution in [1.29, 1.82) is 0 Å². The summed E-state index contributed by atoms with van der Waals surface area (Å²) < 4.78 is 3.65. The Kier molecular flexibility index (Phi) is 4.06. The van der Waals surface area contributed by atoms with Crippen LogP contribution in [0.25, 0.3) is 11.0 Å². The third-order valence-electron chi connectivity index (χ3n) is 4.43. The van der Waals surface area contributed by atoms with Gasteiger partial charge in [0.2, 0.25) is 11.8 Å². The lowest BCUT2D eigenvalue weighted by Crippen LogP contribution is -2.50. The first kappa shape index (κ1) is 15.5. The number of carbonyl (C=O) groups is 2. The smallest absolute Gasteiger partial charge is 0.224 e. The van der Waals surface area contributed by atoms with Crippen LogP contribution in [-0.4, -0.2) is 67.4 Å². The number of aromatic nitrogens is 4. The Morgan fingerprint density at radius 2 is 1.83 bits per heavy atom. The SMILES string of the molecule is CC(=O)N1CCN(C(=O)CCn2ncc3c2c(C)nn3C)CC1. The van der Waals surface area contributed by atoms with Crippen molar-refractivity contribution >= 4 is 22.8 Å². The van der Waals surface area contributed by atoms with Gasteiger partial charge in [0.1, 0.15) is 11.0 Å². The molecule has 3 rings (SSSR count). The summed E-state index contributed by atoms with van der Waals surface area (Å²) in [6, 6.07) is 0. The van der Waals surface area contributed by atoms with E-state index in [1.54, 1.807) is 22.7 Å². The Bertz CT molecular complexity index is 739. The highest BCUT2D eigenvalue weighted by Gasteiger charge is 2.22. The first-order valence-corrected chi connectivity index (χ1v) is 7.86. The largest absolute Gasteiger partial charge is 0.339 e. The molecule has 2 amide bonds. The molecule has 0 aliphatic carbocycles. The molecule has 0 spiro atoms. The topological polar surface area (TPSA) is 76.3 Å². The minimum atomic E-state index is 0.0723. The second-order valence-corrected chi connectivity index (χ2v) is 5.95. The van der Waals surface area contributed by atoms with E-state index in [2.05, 4.69) is 10.2 Å². The van der Waals surface area contributed by atoms with Crippen LogP contribution in [0.5, 0.6) is 0 Å². The van der Waals surface area contributed by atoms with Gasteiger partial charge < -0.3 is 9.80 Å². The van der Waals surface area contributed by atoms with Gasteiger partial charge in [0.15, 0.2) is 0 Å². The predicted octanol–water partition coefficient (Wildman–Crippen LogP) is 0.159. The summed E-state index contributed by atoms with van der Waals surface area (Å²) in [4.78, 5) is 27.3. The van der Waals surface area contributed by atoms with Crippen LogP contribution in [0.1, 0.15) is 19.0 Å². The van der Waals surface area contributed by atoms with Gasteiger partial charge in [-0.05, 0) is 6.92 Å². The highest BCUT2D eigenvalue weighted by molar-refractivity contribution is 5.79. The number of rotatable bonds is 3. The van der Waals surface area contributed by atoms with Crippen molar-refractivity contribution in [2.45, 2.75) is 26.8 Å². The Balaban J connectivity index is 1.60. The lowest BCUT2D eigenvalue weighted by molar-refractivity contribution is -0.138. The van der Waals surface area contributed by atoms with Crippen molar-refractivity contribution in [2.24, 2.45) is 7.05 Å². The van der Waals surface area contributed by atoms with E-state index < -0.39 is 0 Å². The summed E-state index contributed by atoms with van der Waals surface area (Å²) in [6.45, 7) is 6.52. The molecule has 0 saturated carbocycles. The molecule has 1 aliphatic heterocycles. The van der Waals surface area contributed by atoms with Crippen LogP contribution in [-0.2, 0) is 23.2 Å². The normalized spacial score (nSPS) is 15.4. The molecule has 2 aromatic heterocycles. The van der Waals surface area contributed by atoms with Crippen LogP contribution < -0.4 is 0 Å². The van der Waals surface area contributed by atoms with Gasteiger partial charge in [-0.15, -0.1) is 0 Å². The molecule has 8 heteroatoms. The van der Waals surface area contributed by atoms with E-state index in [1.807, 2.05) is 23.6 Å². The molecule has 0 radical (unpaired) electrons. The third-order valence-corrected chi connectivity index (χ3v) is 4.43. The monoisotopic (exact) mass is 318 g/mol. The van der Waals surface area contributed by atoms with Gasteiger partial charge in [-0.25, -0.2) is 0 Å². The molecule has 0 aromatic carbocycles. The van der Waals surface area contributed by atoms with E-state index in [-0.39, 0.29) is 11.8 Å². The summed E-state index contributed by atoms with van der Waals surface area (Å²) in [5.74, 6) is 0.182. The lowest BCUT2D eigenvalue weighted by Gasteiger charge is -2.34. The van der Waals surface area contributed by atoms with Crippen molar-refractivity contribution < 1.29 is 9.59 Å². The molecule has 23 heavy (non-hydrogen) atoms. The van der Waals surface area contributed by atoms with Gasteiger partial charge in [0.05, 0.1) is 18.4 Å². The molecule has 124 valence electrons. The average Bonchev–Trinajstić information content (AvgIpc) is 3.07. The molecule has 0 bridgehead atoms. The Labute approximate surface area is 134 Å². The second-order valence-electron chi connectivity index (χ2n) is 5.95. The first-order chi connectivity index (χ1) is 11.0. The highest BCUT2D eigenvalue weighted by atomic mass is 16.2. The van der Waals surface area contributed by atoms with Crippen molar-refractivity contribution in [3.8, 4) is 0 Å². The zero-order valence-electron chi connectivity index (χ0n) is 13.8. The molecule has 1 aliphatic rings. The molecule has 1 fully saturated rings. The Hall–Kier alpha value is -2.38. The van der Waals surface area contributed by atoms with E-state index in [1.165, 1.54) is 0 Å². The lowest BCUT2D eigenvalue weighted by atomic mass is 10.2. The van der Waals surface area contributed by atoms with Gasteiger partial charge in [-0.2, -0.15) is 10.2 Å². The summed E-state index contributed by atoms with van der Waals surface area (Å²) in [6.07, 6.45) is 2.19.